The van der Waals surface area contributed by atoms with Crippen molar-refractivity contribution < 1.29 is 18.1 Å². The second-order valence-electron chi connectivity index (χ2n) is 4.71. The summed E-state index contributed by atoms with van der Waals surface area (Å²) < 4.78 is 48.7. The van der Waals surface area contributed by atoms with Crippen LogP contribution in [-0.4, -0.2) is 45.5 Å². The van der Waals surface area contributed by atoms with E-state index in [4.69, 9.17) is 36.5 Å². The van der Waals surface area contributed by atoms with Gasteiger partial charge in [-0.05, 0) is 24.6 Å². The predicted octanol–water partition coefficient (Wildman–Crippen LogP) is 3.26. The quantitative estimate of drug-likeness (QED) is 0.694. The van der Waals surface area contributed by atoms with Gasteiger partial charge in [-0.2, -0.15) is 0 Å². The highest BCUT2D eigenvalue weighted by molar-refractivity contribution is 6.18. The standard InChI is InChI=1S/C16H21Cl2N3O2/c1-20-14-6-5-12(21(9-7-17)10-8-18)11-13(14)19-15(20)3-2-4-16(22)23/h5-6,11H,2-4,7-10H2,1H3,(H,22,23)/i2D2,3D2,4D2. The van der Waals surface area contributed by atoms with Crippen LogP contribution >= 0.6 is 23.2 Å². The number of carbonyl (C=O) groups is 1. The summed E-state index contributed by atoms with van der Waals surface area (Å²) in [6.07, 6.45) is -9.90. The van der Waals surface area contributed by atoms with Crippen LogP contribution in [0.3, 0.4) is 0 Å². The number of aromatic nitrogens is 2. The molecule has 0 bridgehead atoms. The number of carboxylic acids is 1. The number of fused-ring (bicyclic) bond motifs is 1. The predicted molar refractivity (Wildman–Crippen MR) is 94.9 cm³/mol. The second kappa shape index (κ2) is 8.41. The average molecular weight is 364 g/mol. The van der Waals surface area contributed by atoms with Gasteiger partial charge in [0.2, 0.25) is 0 Å². The van der Waals surface area contributed by atoms with Crippen LogP contribution in [0.5, 0.6) is 0 Å². The van der Waals surface area contributed by atoms with Gasteiger partial charge in [-0.25, -0.2) is 4.98 Å². The topological polar surface area (TPSA) is 58.4 Å². The molecule has 2 aromatic rings. The van der Waals surface area contributed by atoms with Crippen molar-refractivity contribution in [2.75, 3.05) is 29.7 Å². The van der Waals surface area contributed by atoms with E-state index in [1.165, 1.54) is 11.6 Å². The van der Waals surface area contributed by atoms with Gasteiger partial charge < -0.3 is 14.6 Å². The van der Waals surface area contributed by atoms with Crippen molar-refractivity contribution in [1.29, 1.82) is 0 Å². The van der Waals surface area contributed by atoms with Gasteiger partial charge in [-0.3, -0.25) is 4.79 Å². The lowest BCUT2D eigenvalue weighted by molar-refractivity contribution is -0.137. The minimum Gasteiger partial charge on any atom is -0.481 e. The monoisotopic (exact) mass is 363 g/mol. The maximum absolute atomic E-state index is 11.2. The first-order chi connectivity index (χ1) is 13.3. The largest absolute Gasteiger partial charge is 0.481 e. The molecule has 0 fully saturated rings. The molecule has 1 aromatic carbocycles. The Balaban J connectivity index is 2.59. The molecule has 126 valence electrons. The van der Waals surface area contributed by atoms with Gasteiger partial charge in [0, 0.05) is 58.6 Å². The number of aryl methyl sites for hydroxylation is 2. The molecule has 0 saturated carbocycles. The summed E-state index contributed by atoms with van der Waals surface area (Å²) in [6, 6.07) is 5.12. The van der Waals surface area contributed by atoms with Crippen LogP contribution in [0.2, 0.25) is 0 Å². The molecule has 1 heterocycles. The van der Waals surface area contributed by atoms with E-state index in [9.17, 15) is 4.79 Å². The van der Waals surface area contributed by atoms with E-state index in [-0.39, 0.29) is 0 Å². The lowest BCUT2D eigenvalue weighted by atomic mass is 10.2. The number of halogens is 2. The number of benzene rings is 1. The van der Waals surface area contributed by atoms with Crippen LogP contribution in [0, 0.1) is 0 Å². The highest BCUT2D eigenvalue weighted by Gasteiger charge is 2.11. The molecule has 1 N–H and O–H groups in total. The van der Waals surface area contributed by atoms with Crippen molar-refractivity contribution in [2.24, 2.45) is 7.05 Å². The molecule has 23 heavy (non-hydrogen) atoms. The number of anilines is 1. The average Bonchev–Trinajstić information content (AvgIpc) is 2.98. The van der Waals surface area contributed by atoms with E-state index in [0.29, 0.717) is 35.9 Å². The van der Waals surface area contributed by atoms with E-state index in [1.807, 2.05) is 4.90 Å². The van der Waals surface area contributed by atoms with Crippen molar-refractivity contribution in [3.63, 3.8) is 0 Å². The van der Waals surface area contributed by atoms with Crippen LogP contribution in [-0.2, 0) is 18.2 Å². The number of aliphatic carboxylic acids is 1. The number of carboxylic acid groups (broad SMARTS) is 1. The number of rotatable bonds is 9. The molecule has 5 nitrogen and oxygen atoms in total. The number of alkyl halides is 2. The number of imidazole rings is 1. The molecule has 0 atom stereocenters. The Morgan fingerprint density at radius 3 is 2.70 bits per heavy atom. The summed E-state index contributed by atoms with van der Waals surface area (Å²) in [7, 11) is 1.46. The minimum atomic E-state index is -3.47. The van der Waals surface area contributed by atoms with E-state index in [0.717, 1.165) is 5.69 Å². The number of hydrogen-bond acceptors (Lipinski definition) is 3. The molecule has 0 spiro atoms. The maximum Gasteiger partial charge on any atom is 0.303 e. The van der Waals surface area contributed by atoms with Crippen molar-refractivity contribution in [1.82, 2.24) is 9.55 Å². The summed E-state index contributed by atoms with van der Waals surface area (Å²) >= 11 is 11.7. The Kier molecular flexibility index (Phi) is 4.08. The lowest BCUT2D eigenvalue weighted by Gasteiger charge is -2.22. The fourth-order valence-corrected chi connectivity index (χ4v) is 2.62. The summed E-state index contributed by atoms with van der Waals surface area (Å²) in [5, 5.41) is 9.06. The van der Waals surface area contributed by atoms with Crippen LogP contribution in [0.1, 0.15) is 26.8 Å². The highest BCUT2D eigenvalue weighted by atomic mass is 35.5. The molecule has 0 aliphatic rings. The molecule has 0 unspecified atom stereocenters. The zero-order valence-corrected chi connectivity index (χ0v) is 14.0. The van der Waals surface area contributed by atoms with Gasteiger partial charge in [0.1, 0.15) is 5.82 Å². The summed E-state index contributed by atoms with van der Waals surface area (Å²) in [4.78, 5) is 17.3. The van der Waals surface area contributed by atoms with E-state index in [1.54, 1.807) is 18.2 Å². The molecule has 0 amide bonds. The molecule has 0 saturated heterocycles. The van der Waals surface area contributed by atoms with Gasteiger partial charge in [-0.15, -0.1) is 23.2 Å². The molecule has 0 radical (unpaired) electrons. The Hall–Kier alpha value is -1.46. The molecule has 2 rings (SSSR count). The number of hydrogen-bond donors (Lipinski definition) is 1. The summed E-state index contributed by atoms with van der Waals surface area (Å²) in [5.74, 6) is -1.77. The van der Waals surface area contributed by atoms with Crippen LogP contribution in [0.4, 0.5) is 5.69 Å². The first kappa shape index (κ1) is 11.2. The summed E-state index contributed by atoms with van der Waals surface area (Å²) in [5.41, 5.74) is 1.58. The van der Waals surface area contributed by atoms with E-state index < -0.39 is 30.9 Å². The molecular formula is C16H21Cl2N3O2. The van der Waals surface area contributed by atoms with Gasteiger partial charge in [0.25, 0.3) is 0 Å². The third-order valence-electron chi connectivity index (χ3n) is 3.28. The Morgan fingerprint density at radius 1 is 1.39 bits per heavy atom. The van der Waals surface area contributed by atoms with E-state index >= 15 is 0 Å². The van der Waals surface area contributed by atoms with Gasteiger partial charge in [0.15, 0.2) is 0 Å². The van der Waals surface area contributed by atoms with Crippen LogP contribution in [0.15, 0.2) is 18.2 Å². The zero-order valence-electron chi connectivity index (χ0n) is 18.5. The van der Waals surface area contributed by atoms with Crippen molar-refractivity contribution in [2.45, 2.75) is 19.1 Å². The third kappa shape index (κ3) is 4.52. The van der Waals surface area contributed by atoms with Crippen LogP contribution in [0.25, 0.3) is 11.0 Å². The fraction of sp³-hybridized carbons (Fsp3) is 0.500. The molecule has 0 aliphatic heterocycles. The Bertz CT molecular complexity index is 900. The summed E-state index contributed by atoms with van der Waals surface area (Å²) in [6.45, 7) is 1.06. The Morgan fingerprint density at radius 2 is 2.09 bits per heavy atom. The van der Waals surface area contributed by atoms with Gasteiger partial charge >= 0.3 is 5.97 Å². The van der Waals surface area contributed by atoms with Crippen molar-refractivity contribution >= 4 is 45.9 Å². The Labute approximate surface area is 154 Å². The molecule has 0 aliphatic carbocycles. The van der Waals surface area contributed by atoms with Crippen molar-refractivity contribution in [3.05, 3.63) is 24.0 Å². The van der Waals surface area contributed by atoms with Gasteiger partial charge in [0.05, 0.1) is 11.0 Å². The first-order valence-corrected chi connectivity index (χ1v) is 7.97. The normalized spacial score (nSPS) is 16.8. The molecule has 1 aromatic heterocycles. The van der Waals surface area contributed by atoms with Gasteiger partial charge in [-0.1, -0.05) is 0 Å². The smallest absolute Gasteiger partial charge is 0.303 e. The second-order valence-corrected chi connectivity index (χ2v) is 5.47. The van der Waals surface area contributed by atoms with E-state index in [2.05, 4.69) is 4.98 Å². The minimum absolute atomic E-state index is 0.352. The SMILES string of the molecule is [2H]C([2H])(C(=O)O)C([2H])([2H])C([2H])([2H])c1nc2cc(N(CCCl)CCCl)ccc2n1C. The number of nitrogens with zero attached hydrogens (tertiary/aromatic N) is 3. The van der Waals surface area contributed by atoms with Crippen LogP contribution < -0.4 is 4.90 Å². The molecular weight excluding hydrogens is 337 g/mol. The highest BCUT2D eigenvalue weighted by Crippen LogP contribution is 2.23. The third-order valence-corrected chi connectivity index (χ3v) is 3.62. The lowest BCUT2D eigenvalue weighted by Crippen LogP contribution is -2.27. The fourth-order valence-electron chi connectivity index (χ4n) is 2.21. The molecule has 7 heteroatoms. The van der Waals surface area contributed by atoms with Crippen molar-refractivity contribution in [3.8, 4) is 0 Å². The first-order valence-electron chi connectivity index (χ1n) is 9.90. The maximum atomic E-state index is 11.2. The zero-order chi connectivity index (χ0) is 22.2.